The van der Waals surface area contributed by atoms with Crippen LogP contribution in [0.4, 0.5) is 11.4 Å². The molecule has 0 unspecified atom stereocenters. The van der Waals surface area contributed by atoms with Crippen LogP contribution in [-0.4, -0.2) is 32.3 Å². The van der Waals surface area contributed by atoms with Gasteiger partial charge in [0.05, 0.1) is 5.75 Å². The Morgan fingerprint density at radius 1 is 1.00 bits per heavy atom. The summed E-state index contributed by atoms with van der Waals surface area (Å²) in [6, 6.07) is 15.5. The van der Waals surface area contributed by atoms with Crippen molar-refractivity contribution < 1.29 is 9.59 Å². The quantitative estimate of drug-likeness (QED) is 0.494. The van der Waals surface area contributed by atoms with Crippen LogP contribution in [0.2, 0.25) is 0 Å². The number of thioether (sulfide) groups is 1. The van der Waals surface area contributed by atoms with Crippen LogP contribution in [0.1, 0.15) is 30.3 Å². The number of anilines is 2. The summed E-state index contributed by atoms with van der Waals surface area (Å²) in [6.07, 6.45) is 1.63. The number of rotatable bonds is 9. The lowest BCUT2D eigenvalue weighted by molar-refractivity contribution is -0.116. The Hall–Kier alpha value is -3.13. The van der Waals surface area contributed by atoms with Crippen LogP contribution in [0.3, 0.4) is 0 Å². The minimum Gasteiger partial charge on any atom is -0.326 e. The van der Waals surface area contributed by atoms with Gasteiger partial charge in [0.1, 0.15) is 5.82 Å². The molecule has 0 aliphatic heterocycles. The Bertz CT molecular complexity index is 1050. The van der Waals surface area contributed by atoms with Crippen molar-refractivity contribution in [1.29, 1.82) is 0 Å². The number of hydrogen-bond donors (Lipinski definition) is 2. The van der Waals surface area contributed by atoms with Gasteiger partial charge in [0.2, 0.25) is 11.8 Å². The Morgan fingerprint density at radius 2 is 1.74 bits per heavy atom. The lowest BCUT2D eigenvalue weighted by Gasteiger charge is -2.09. The largest absolute Gasteiger partial charge is 0.326 e. The fraction of sp³-hybridized carbons (Fsp3) is 0.304. The highest BCUT2D eigenvalue weighted by molar-refractivity contribution is 7.99. The van der Waals surface area contributed by atoms with E-state index < -0.39 is 0 Å². The van der Waals surface area contributed by atoms with Crippen molar-refractivity contribution in [2.24, 2.45) is 7.05 Å². The molecule has 0 bridgehead atoms. The third-order valence-electron chi connectivity index (χ3n) is 4.84. The predicted octanol–water partition coefficient (Wildman–Crippen LogP) is 3.99. The summed E-state index contributed by atoms with van der Waals surface area (Å²) in [7, 11) is 1.85. The molecule has 0 fully saturated rings. The summed E-state index contributed by atoms with van der Waals surface area (Å²) >= 11 is 1.32. The Balaban J connectivity index is 1.48. The van der Waals surface area contributed by atoms with E-state index in [-0.39, 0.29) is 17.6 Å². The summed E-state index contributed by atoms with van der Waals surface area (Å²) in [5, 5.41) is 14.8. The zero-order chi connectivity index (χ0) is 22.2. The number of amides is 2. The smallest absolute Gasteiger partial charge is 0.234 e. The molecule has 0 atom stereocenters. The maximum atomic E-state index is 12.3. The molecular formula is C23H27N5O2S. The molecule has 0 radical (unpaired) electrons. The van der Waals surface area contributed by atoms with Crippen LogP contribution in [0.25, 0.3) is 0 Å². The third kappa shape index (κ3) is 6.42. The number of nitrogens with zero attached hydrogens (tertiary/aromatic N) is 3. The summed E-state index contributed by atoms with van der Waals surface area (Å²) in [4.78, 5) is 24.5. The van der Waals surface area contributed by atoms with Gasteiger partial charge in [0, 0.05) is 31.3 Å². The Kier molecular flexibility index (Phi) is 7.83. The molecule has 8 heteroatoms. The Labute approximate surface area is 186 Å². The second kappa shape index (κ2) is 10.8. The standard InChI is InChI=1S/C23H27N5O2S/c1-4-17-7-5-6-8-19(17)25-22(30)15-31-23-27-26-20(28(23)3)13-14-21(29)24-18-11-9-16(2)10-12-18/h5-12H,4,13-15H2,1-3H3,(H,24,29)(H,25,30). The fourth-order valence-electron chi connectivity index (χ4n) is 3.04. The van der Waals surface area contributed by atoms with Crippen molar-refractivity contribution in [1.82, 2.24) is 14.8 Å². The molecule has 3 aromatic rings. The number of carbonyl (C=O) groups excluding carboxylic acids is 2. The number of aromatic nitrogens is 3. The second-order valence-electron chi connectivity index (χ2n) is 7.22. The number of hydrogen-bond acceptors (Lipinski definition) is 5. The number of para-hydroxylation sites is 1. The van der Waals surface area contributed by atoms with Crippen LogP contribution in [0.5, 0.6) is 0 Å². The van der Waals surface area contributed by atoms with E-state index in [1.165, 1.54) is 11.8 Å². The van der Waals surface area contributed by atoms with Gasteiger partial charge in [-0.2, -0.15) is 0 Å². The van der Waals surface area contributed by atoms with Gasteiger partial charge < -0.3 is 15.2 Å². The number of nitrogens with one attached hydrogen (secondary N) is 2. The van der Waals surface area contributed by atoms with Gasteiger partial charge in [-0.3, -0.25) is 9.59 Å². The van der Waals surface area contributed by atoms with E-state index >= 15 is 0 Å². The van der Waals surface area contributed by atoms with Gasteiger partial charge in [-0.25, -0.2) is 0 Å². The predicted molar refractivity (Wildman–Crippen MR) is 124 cm³/mol. The monoisotopic (exact) mass is 437 g/mol. The summed E-state index contributed by atoms with van der Waals surface area (Å²) < 4.78 is 1.83. The van der Waals surface area contributed by atoms with E-state index in [2.05, 4.69) is 27.8 Å². The van der Waals surface area contributed by atoms with E-state index in [0.29, 0.717) is 23.8 Å². The van der Waals surface area contributed by atoms with Gasteiger partial charge in [0.25, 0.3) is 0 Å². The van der Waals surface area contributed by atoms with Crippen LogP contribution in [0.15, 0.2) is 53.7 Å². The lowest BCUT2D eigenvalue weighted by atomic mass is 10.1. The van der Waals surface area contributed by atoms with E-state index in [1.807, 2.05) is 67.1 Å². The van der Waals surface area contributed by atoms with Crippen molar-refractivity contribution >= 4 is 35.0 Å². The topological polar surface area (TPSA) is 88.9 Å². The highest BCUT2D eigenvalue weighted by atomic mass is 32.2. The van der Waals surface area contributed by atoms with Crippen molar-refractivity contribution in [2.75, 3.05) is 16.4 Å². The van der Waals surface area contributed by atoms with E-state index in [0.717, 1.165) is 28.9 Å². The molecule has 7 nitrogen and oxygen atoms in total. The molecule has 0 saturated carbocycles. The minimum atomic E-state index is -0.0899. The van der Waals surface area contributed by atoms with Crippen molar-refractivity contribution in [2.45, 2.75) is 38.3 Å². The SMILES string of the molecule is CCc1ccccc1NC(=O)CSc1nnc(CCC(=O)Nc2ccc(C)cc2)n1C. The van der Waals surface area contributed by atoms with Gasteiger partial charge >= 0.3 is 0 Å². The van der Waals surface area contributed by atoms with E-state index in [9.17, 15) is 9.59 Å². The summed E-state index contributed by atoms with van der Waals surface area (Å²) in [5.41, 5.74) is 3.87. The first-order valence-electron chi connectivity index (χ1n) is 10.2. The molecule has 162 valence electrons. The molecule has 3 rings (SSSR count). The summed E-state index contributed by atoms with van der Waals surface area (Å²) in [6.45, 7) is 4.06. The first-order valence-corrected chi connectivity index (χ1v) is 11.2. The van der Waals surface area contributed by atoms with Crippen molar-refractivity contribution in [3.05, 3.63) is 65.5 Å². The van der Waals surface area contributed by atoms with Crippen molar-refractivity contribution in [3.63, 3.8) is 0 Å². The van der Waals surface area contributed by atoms with E-state index in [1.54, 1.807) is 0 Å². The Morgan fingerprint density at radius 3 is 2.48 bits per heavy atom. The van der Waals surface area contributed by atoms with Crippen LogP contribution in [0, 0.1) is 6.92 Å². The maximum absolute atomic E-state index is 12.3. The third-order valence-corrected chi connectivity index (χ3v) is 5.86. The minimum absolute atomic E-state index is 0.0741. The number of aryl methyl sites for hydroxylation is 3. The molecule has 2 aromatic carbocycles. The normalized spacial score (nSPS) is 10.7. The molecule has 1 aromatic heterocycles. The zero-order valence-corrected chi connectivity index (χ0v) is 18.8. The highest BCUT2D eigenvalue weighted by Crippen LogP contribution is 2.19. The molecule has 1 heterocycles. The fourth-order valence-corrected chi connectivity index (χ4v) is 3.77. The van der Waals surface area contributed by atoms with Gasteiger partial charge in [0.15, 0.2) is 5.16 Å². The molecule has 2 amide bonds. The van der Waals surface area contributed by atoms with Crippen molar-refractivity contribution in [3.8, 4) is 0 Å². The van der Waals surface area contributed by atoms with Gasteiger partial charge in [-0.05, 0) is 37.1 Å². The number of carbonyl (C=O) groups is 2. The highest BCUT2D eigenvalue weighted by Gasteiger charge is 2.13. The van der Waals surface area contributed by atoms with Gasteiger partial charge in [-0.1, -0.05) is 54.6 Å². The summed E-state index contributed by atoms with van der Waals surface area (Å²) in [5.74, 6) is 0.777. The van der Waals surface area contributed by atoms with Crippen LogP contribution < -0.4 is 10.6 Å². The second-order valence-corrected chi connectivity index (χ2v) is 8.16. The van der Waals surface area contributed by atoms with Gasteiger partial charge in [-0.15, -0.1) is 10.2 Å². The average Bonchev–Trinajstić information content (AvgIpc) is 3.12. The molecule has 0 spiro atoms. The first-order chi connectivity index (χ1) is 15.0. The molecule has 31 heavy (non-hydrogen) atoms. The first kappa shape index (κ1) is 22.6. The zero-order valence-electron chi connectivity index (χ0n) is 18.0. The average molecular weight is 438 g/mol. The number of benzene rings is 2. The van der Waals surface area contributed by atoms with E-state index in [4.69, 9.17) is 0 Å². The molecular weight excluding hydrogens is 410 g/mol. The lowest BCUT2D eigenvalue weighted by Crippen LogP contribution is -2.16. The molecule has 2 N–H and O–H groups in total. The maximum Gasteiger partial charge on any atom is 0.234 e. The molecule has 0 aliphatic rings. The van der Waals surface area contributed by atoms with Crippen LogP contribution >= 0.6 is 11.8 Å². The molecule has 0 aliphatic carbocycles. The molecule has 0 saturated heterocycles. The van der Waals surface area contributed by atoms with Crippen LogP contribution in [-0.2, 0) is 29.5 Å².